The number of anilines is 1. The third-order valence-electron chi connectivity index (χ3n) is 3.02. The van der Waals surface area contributed by atoms with Crippen molar-refractivity contribution in [2.45, 2.75) is 13.8 Å². The minimum Gasteiger partial charge on any atom is -0.503 e. The molecule has 6 heteroatoms. The number of ether oxygens (including phenoxy) is 1. The summed E-state index contributed by atoms with van der Waals surface area (Å²) in [7, 11) is 0. The van der Waals surface area contributed by atoms with Crippen molar-refractivity contribution in [3.63, 3.8) is 0 Å². The largest absolute Gasteiger partial charge is 0.503 e. The molecule has 0 aliphatic heterocycles. The Kier molecular flexibility index (Phi) is 5.52. The Bertz CT molecular complexity index is 703. The highest BCUT2D eigenvalue weighted by Crippen LogP contribution is 2.34. The minimum absolute atomic E-state index is 0.0701. The molecular formula is C16H16Cl2N2O2. The van der Waals surface area contributed by atoms with E-state index < -0.39 is 0 Å². The molecule has 0 heterocycles. The van der Waals surface area contributed by atoms with Gasteiger partial charge in [-0.15, -0.1) is 0 Å². The zero-order valence-electron chi connectivity index (χ0n) is 12.2. The Balaban J connectivity index is 2.18. The van der Waals surface area contributed by atoms with E-state index in [0.29, 0.717) is 22.9 Å². The predicted octanol–water partition coefficient (Wildman–Crippen LogP) is 4.85. The average molecular weight is 339 g/mol. The molecule has 0 aliphatic rings. The fourth-order valence-corrected chi connectivity index (χ4v) is 2.23. The van der Waals surface area contributed by atoms with Crippen LogP contribution in [0.1, 0.15) is 18.1 Å². The van der Waals surface area contributed by atoms with Gasteiger partial charge >= 0.3 is 0 Å². The zero-order valence-corrected chi connectivity index (χ0v) is 13.7. The lowest BCUT2D eigenvalue weighted by Crippen LogP contribution is -1.96. The van der Waals surface area contributed by atoms with Crippen LogP contribution in [-0.2, 0) is 0 Å². The van der Waals surface area contributed by atoms with Gasteiger partial charge in [0, 0.05) is 5.02 Å². The number of nitrogens with one attached hydrogen (secondary N) is 1. The first-order chi connectivity index (χ1) is 10.5. The maximum atomic E-state index is 9.79. The molecule has 2 aromatic rings. The van der Waals surface area contributed by atoms with E-state index in [1.165, 1.54) is 0 Å². The van der Waals surface area contributed by atoms with Crippen molar-refractivity contribution in [3.05, 3.63) is 51.5 Å². The molecule has 0 saturated carbocycles. The summed E-state index contributed by atoms with van der Waals surface area (Å²) in [5.41, 5.74) is 5.37. The van der Waals surface area contributed by atoms with Crippen molar-refractivity contribution in [1.29, 1.82) is 0 Å². The van der Waals surface area contributed by atoms with Crippen LogP contribution in [0.25, 0.3) is 0 Å². The van der Waals surface area contributed by atoms with E-state index in [1.807, 2.05) is 32.0 Å². The maximum Gasteiger partial charge on any atom is 0.176 e. The third-order valence-corrected chi connectivity index (χ3v) is 3.71. The highest BCUT2D eigenvalue weighted by atomic mass is 35.5. The van der Waals surface area contributed by atoms with E-state index in [4.69, 9.17) is 27.9 Å². The number of halogens is 2. The zero-order chi connectivity index (χ0) is 16.1. The normalized spacial score (nSPS) is 10.9. The fourth-order valence-electron chi connectivity index (χ4n) is 1.84. The maximum absolute atomic E-state index is 9.79. The molecule has 0 atom stereocenters. The van der Waals surface area contributed by atoms with Crippen LogP contribution in [0.15, 0.2) is 35.4 Å². The number of hydrazone groups is 1. The minimum atomic E-state index is -0.0701. The molecule has 2 rings (SSSR count). The van der Waals surface area contributed by atoms with Crippen molar-refractivity contribution < 1.29 is 9.84 Å². The highest BCUT2D eigenvalue weighted by Gasteiger charge is 2.08. The van der Waals surface area contributed by atoms with Crippen LogP contribution in [0.2, 0.25) is 10.0 Å². The van der Waals surface area contributed by atoms with Crippen LogP contribution < -0.4 is 10.2 Å². The number of phenols is 1. The second kappa shape index (κ2) is 7.38. The summed E-state index contributed by atoms with van der Waals surface area (Å²) in [4.78, 5) is 0. The van der Waals surface area contributed by atoms with Gasteiger partial charge in [0.15, 0.2) is 11.5 Å². The monoisotopic (exact) mass is 338 g/mol. The summed E-state index contributed by atoms with van der Waals surface area (Å²) < 4.78 is 5.32. The number of benzene rings is 2. The molecule has 0 spiro atoms. The van der Waals surface area contributed by atoms with Crippen LogP contribution in [0.3, 0.4) is 0 Å². The first-order valence-electron chi connectivity index (χ1n) is 6.72. The molecule has 0 amide bonds. The number of nitrogens with zero attached hydrogens (tertiary/aromatic N) is 1. The standard InChI is InChI=1S/C16H16Cl2N2O2/c1-3-22-15-8-11(7-13(18)16(15)21)9-19-20-14-6-4-5-12(17)10(14)2/h4-9,20-21H,3H2,1-2H3. The Morgan fingerprint density at radius 1 is 1.27 bits per heavy atom. The van der Waals surface area contributed by atoms with E-state index in [2.05, 4.69) is 10.5 Å². The van der Waals surface area contributed by atoms with Crippen LogP contribution in [0, 0.1) is 6.92 Å². The molecule has 2 aromatic carbocycles. The number of hydrogen-bond acceptors (Lipinski definition) is 4. The van der Waals surface area contributed by atoms with E-state index in [9.17, 15) is 5.11 Å². The van der Waals surface area contributed by atoms with Crippen molar-refractivity contribution >= 4 is 35.1 Å². The van der Waals surface area contributed by atoms with Gasteiger partial charge in [-0.25, -0.2) is 0 Å². The quantitative estimate of drug-likeness (QED) is 0.605. The molecule has 22 heavy (non-hydrogen) atoms. The van der Waals surface area contributed by atoms with Crippen LogP contribution >= 0.6 is 23.2 Å². The van der Waals surface area contributed by atoms with Crippen molar-refractivity contribution in [2.75, 3.05) is 12.0 Å². The number of phenolic OH excluding ortho intramolecular Hbond substituents is 1. The lowest BCUT2D eigenvalue weighted by atomic mass is 10.2. The molecule has 4 nitrogen and oxygen atoms in total. The van der Waals surface area contributed by atoms with Gasteiger partial charge in [0.1, 0.15) is 0 Å². The molecule has 0 aliphatic carbocycles. The van der Waals surface area contributed by atoms with Gasteiger partial charge in [0.05, 0.1) is 23.5 Å². The lowest BCUT2D eigenvalue weighted by molar-refractivity contribution is 0.318. The number of rotatable bonds is 5. The molecule has 2 N–H and O–H groups in total. The average Bonchev–Trinajstić information content (AvgIpc) is 2.49. The SMILES string of the molecule is CCOc1cc(C=NNc2cccc(Cl)c2C)cc(Cl)c1O. The molecule has 0 fully saturated rings. The Labute approximate surface area is 139 Å². The van der Waals surface area contributed by atoms with Gasteiger partial charge in [-0.3, -0.25) is 5.43 Å². The summed E-state index contributed by atoms with van der Waals surface area (Å²) in [5, 5.41) is 14.8. The second-order valence-electron chi connectivity index (χ2n) is 4.56. The van der Waals surface area contributed by atoms with E-state index in [1.54, 1.807) is 18.3 Å². The summed E-state index contributed by atoms with van der Waals surface area (Å²) >= 11 is 12.0. The van der Waals surface area contributed by atoms with Gasteiger partial charge in [0.25, 0.3) is 0 Å². The topological polar surface area (TPSA) is 53.8 Å². The van der Waals surface area contributed by atoms with Gasteiger partial charge in [-0.2, -0.15) is 5.10 Å². The molecule has 0 radical (unpaired) electrons. The predicted molar refractivity (Wildman–Crippen MR) is 91.7 cm³/mol. The highest BCUT2D eigenvalue weighted by molar-refractivity contribution is 6.32. The van der Waals surface area contributed by atoms with Crippen LogP contribution in [0.4, 0.5) is 5.69 Å². The Hall–Kier alpha value is -1.91. The summed E-state index contributed by atoms with van der Waals surface area (Å²) in [6, 6.07) is 8.82. The molecule has 116 valence electrons. The van der Waals surface area contributed by atoms with E-state index in [0.717, 1.165) is 11.3 Å². The Morgan fingerprint density at radius 3 is 2.77 bits per heavy atom. The van der Waals surface area contributed by atoms with Crippen LogP contribution in [-0.4, -0.2) is 17.9 Å². The molecule has 0 saturated heterocycles. The number of hydrogen-bond donors (Lipinski definition) is 2. The fraction of sp³-hybridized carbons (Fsp3) is 0.188. The van der Waals surface area contributed by atoms with Gasteiger partial charge < -0.3 is 9.84 Å². The Morgan fingerprint density at radius 2 is 2.05 bits per heavy atom. The molecule has 0 aromatic heterocycles. The van der Waals surface area contributed by atoms with Gasteiger partial charge in [0.2, 0.25) is 0 Å². The van der Waals surface area contributed by atoms with E-state index in [-0.39, 0.29) is 10.8 Å². The third kappa shape index (κ3) is 3.84. The summed E-state index contributed by atoms with van der Waals surface area (Å²) in [6.45, 7) is 4.17. The van der Waals surface area contributed by atoms with Crippen molar-refractivity contribution in [2.24, 2.45) is 5.10 Å². The van der Waals surface area contributed by atoms with Crippen molar-refractivity contribution in [1.82, 2.24) is 0 Å². The molecule has 0 unspecified atom stereocenters. The second-order valence-corrected chi connectivity index (χ2v) is 5.38. The summed E-state index contributed by atoms with van der Waals surface area (Å²) in [5.74, 6) is 0.259. The summed E-state index contributed by atoms with van der Waals surface area (Å²) in [6.07, 6.45) is 1.59. The van der Waals surface area contributed by atoms with Gasteiger partial charge in [-0.05, 0) is 49.2 Å². The first kappa shape index (κ1) is 16.5. The first-order valence-corrected chi connectivity index (χ1v) is 7.48. The van der Waals surface area contributed by atoms with E-state index >= 15 is 0 Å². The van der Waals surface area contributed by atoms with Crippen LogP contribution in [0.5, 0.6) is 11.5 Å². The smallest absolute Gasteiger partial charge is 0.176 e. The lowest BCUT2D eigenvalue weighted by Gasteiger charge is -2.08. The molecular weight excluding hydrogens is 323 g/mol. The van der Waals surface area contributed by atoms with Gasteiger partial charge in [-0.1, -0.05) is 29.3 Å². The van der Waals surface area contributed by atoms with Crippen molar-refractivity contribution in [3.8, 4) is 11.5 Å². The number of aromatic hydroxyl groups is 1. The molecule has 0 bridgehead atoms.